The molecule has 1 heterocycles. The maximum Gasteiger partial charge on any atom is 0.279 e. The lowest BCUT2D eigenvalue weighted by atomic mass is 10.2. The molecule has 3 rings (SSSR count). The Morgan fingerprint density at radius 3 is 2.39 bits per heavy atom. The second-order valence-electron chi connectivity index (χ2n) is 6.70. The van der Waals surface area contributed by atoms with Crippen molar-refractivity contribution >= 4 is 17.5 Å². The van der Waals surface area contributed by atoms with Gasteiger partial charge in [0.05, 0.1) is 46.1 Å². The molecule has 148 valence electrons. The number of hydrogen-bond acceptors (Lipinski definition) is 4. The fraction of sp³-hybridized carbons (Fsp3) is 0.333. The van der Waals surface area contributed by atoms with E-state index in [0.29, 0.717) is 42.4 Å². The van der Waals surface area contributed by atoms with E-state index in [1.54, 1.807) is 32.4 Å². The molecule has 0 aliphatic carbocycles. The van der Waals surface area contributed by atoms with Gasteiger partial charge in [-0.15, -0.1) is 0 Å². The topological polar surface area (TPSA) is 72.3 Å². The summed E-state index contributed by atoms with van der Waals surface area (Å²) < 4.78 is 10.5. The van der Waals surface area contributed by atoms with Gasteiger partial charge in [-0.25, -0.2) is 0 Å². The van der Waals surface area contributed by atoms with Gasteiger partial charge in [0.25, 0.3) is 11.8 Å². The molecule has 0 spiro atoms. The van der Waals surface area contributed by atoms with Crippen LogP contribution >= 0.6 is 0 Å². The van der Waals surface area contributed by atoms with Gasteiger partial charge in [0.15, 0.2) is 6.54 Å². The summed E-state index contributed by atoms with van der Waals surface area (Å²) in [7, 11) is 3.14. The van der Waals surface area contributed by atoms with Crippen molar-refractivity contribution < 1.29 is 24.0 Å². The fourth-order valence-corrected chi connectivity index (χ4v) is 3.29. The number of benzene rings is 2. The van der Waals surface area contributed by atoms with Gasteiger partial charge in [0.2, 0.25) is 0 Å². The first-order valence-corrected chi connectivity index (χ1v) is 9.30. The molecule has 0 aromatic heterocycles. The standard InChI is InChI=1S/C21H25N3O4/c1-27-17-8-9-18(19(14-17)28-2)22-20(25)15-23-10-12-24(13-11-23)21(26)16-6-4-3-5-7-16/h3-9,14H,10-13,15H2,1-2H3,(H,22,25)/p+1. The Hall–Kier alpha value is -3.06. The van der Waals surface area contributed by atoms with Gasteiger partial charge in [-0.2, -0.15) is 0 Å². The average Bonchev–Trinajstić information content (AvgIpc) is 2.74. The molecule has 0 radical (unpaired) electrons. The molecule has 0 unspecified atom stereocenters. The van der Waals surface area contributed by atoms with Crippen LogP contribution < -0.4 is 19.7 Å². The van der Waals surface area contributed by atoms with Gasteiger partial charge < -0.3 is 24.6 Å². The Morgan fingerprint density at radius 1 is 1.04 bits per heavy atom. The van der Waals surface area contributed by atoms with Crippen LogP contribution in [0.5, 0.6) is 11.5 Å². The normalized spacial score (nSPS) is 14.4. The number of nitrogens with one attached hydrogen (secondary N) is 2. The van der Waals surface area contributed by atoms with Gasteiger partial charge in [0, 0.05) is 11.6 Å². The molecule has 1 aliphatic heterocycles. The molecule has 0 bridgehead atoms. The first-order chi connectivity index (χ1) is 13.6. The first-order valence-electron chi connectivity index (χ1n) is 9.30. The van der Waals surface area contributed by atoms with Crippen molar-refractivity contribution in [2.24, 2.45) is 0 Å². The van der Waals surface area contributed by atoms with E-state index in [2.05, 4.69) is 5.32 Å². The molecule has 2 amide bonds. The zero-order chi connectivity index (χ0) is 19.9. The third-order valence-electron chi connectivity index (χ3n) is 4.87. The lowest BCUT2D eigenvalue weighted by Crippen LogP contribution is -3.15. The van der Waals surface area contributed by atoms with Crippen LogP contribution in [0.3, 0.4) is 0 Å². The fourth-order valence-electron chi connectivity index (χ4n) is 3.29. The van der Waals surface area contributed by atoms with Crippen molar-refractivity contribution in [3.8, 4) is 11.5 Å². The number of rotatable bonds is 6. The van der Waals surface area contributed by atoms with Crippen molar-refractivity contribution in [2.45, 2.75) is 0 Å². The minimum absolute atomic E-state index is 0.0482. The predicted octanol–water partition coefficient (Wildman–Crippen LogP) is 0.683. The van der Waals surface area contributed by atoms with Crippen LogP contribution in [0.4, 0.5) is 5.69 Å². The average molecular weight is 384 g/mol. The summed E-state index contributed by atoms with van der Waals surface area (Å²) in [5.41, 5.74) is 1.32. The Bertz CT molecular complexity index is 818. The third kappa shape index (κ3) is 4.80. The zero-order valence-corrected chi connectivity index (χ0v) is 16.2. The molecule has 1 aliphatic rings. The van der Waals surface area contributed by atoms with Crippen molar-refractivity contribution in [2.75, 3.05) is 52.3 Å². The predicted molar refractivity (Wildman–Crippen MR) is 106 cm³/mol. The summed E-state index contributed by atoms with van der Waals surface area (Å²) in [6, 6.07) is 14.6. The number of nitrogens with zero attached hydrogens (tertiary/aromatic N) is 1. The number of quaternary nitrogens is 1. The lowest BCUT2D eigenvalue weighted by molar-refractivity contribution is -0.895. The highest BCUT2D eigenvalue weighted by Crippen LogP contribution is 2.28. The Balaban J connectivity index is 1.51. The van der Waals surface area contributed by atoms with E-state index in [9.17, 15) is 9.59 Å². The van der Waals surface area contributed by atoms with Crippen LogP contribution in [0.2, 0.25) is 0 Å². The number of piperazine rings is 1. The maximum absolute atomic E-state index is 12.5. The maximum atomic E-state index is 12.5. The van der Waals surface area contributed by atoms with Crippen molar-refractivity contribution in [3.05, 3.63) is 54.1 Å². The van der Waals surface area contributed by atoms with E-state index >= 15 is 0 Å². The monoisotopic (exact) mass is 384 g/mol. The summed E-state index contributed by atoms with van der Waals surface area (Å²) in [5, 5.41) is 2.90. The van der Waals surface area contributed by atoms with Gasteiger partial charge in [-0.1, -0.05) is 18.2 Å². The SMILES string of the molecule is COc1ccc(NC(=O)C[NH+]2CCN(C(=O)c3ccccc3)CC2)c(OC)c1. The van der Waals surface area contributed by atoms with E-state index in [4.69, 9.17) is 9.47 Å². The van der Waals surface area contributed by atoms with E-state index < -0.39 is 0 Å². The summed E-state index contributed by atoms with van der Waals surface area (Å²) in [4.78, 5) is 28.0. The number of methoxy groups -OCH3 is 2. The number of hydrogen-bond donors (Lipinski definition) is 2. The van der Waals surface area contributed by atoms with E-state index in [1.807, 2.05) is 35.2 Å². The molecule has 2 N–H and O–H groups in total. The van der Waals surface area contributed by atoms with Crippen molar-refractivity contribution in [3.63, 3.8) is 0 Å². The Kier molecular flexibility index (Phi) is 6.49. The van der Waals surface area contributed by atoms with E-state index in [-0.39, 0.29) is 11.8 Å². The van der Waals surface area contributed by atoms with Gasteiger partial charge in [-0.05, 0) is 24.3 Å². The van der Waals surface area contributed by atoms with E-state index in [1.165, 1.54) is 0 Å². The molecular weight excluding hydrogens is 358 g/mol. The molecule has 2 aromatic carbocycles. The van der Waals surface area contributed by atoms with E-state index in [0.717, 1.165) is 18.0 Å². The van der Waals surface area contributed by atoms with Crippen LogP contribution in [0.15, 0.2) is 48.5 Å². The van der Waals surface area contributed by atoms with Crippen LogP contribution in [0.25, 0.3) is 0 Å². The molecule has 0 saturated carbocycles. The highest BCUT2D eigenvalue weighted by atomic mass is 16.5. The highest BCUT2D eigenvalue weighted by molar-refractivity contribution is 5.94. The molecule has 7 heteroatoms. The van der Waals surface area contributed by atoms with Crippen molar-refractivity contribution in [1.29, 1.82) is 0 Å². The number of amides is 2. The Labute approximate surface area is 164 Å². The summed E-state index contributed by atoms with van der Waals surface area (Å²) in [5.74, 6) is 1.19. The van der Waals surface area contributed by atoms with Crippen LogP contribution in [-0.2, 0) is 4.79 Å². The second-order valence-corrected chi connectivity index (χ2v) is 6.70. The van der Waals surface area contributed by atoms with Crippen LogP contribution in [-0.4, -0.2) is 63.7 Å². The molecule has 1 saturated heterocycles. The molecule has 2 aromatic rings. The quantitative estimate of drug-likeness (QED) is 0.769. The largest absolute Gasteiger partial charge is 0.497 e. The molecule has 28 heavy (non-hydrogen) atoms. The summed E-state index contributed by atoms with van der Waals surface area (Å²) in [6.07, 6.45) is 0. The van der Waals surface area contributed by atoms with Gasteiger partial charge in [0.1, 0.15) is 11.5 Å². The molecule has 0 atom stereocenters. The minimum Gasteiger partial charge on any atom is -0.497 e. The second kappa shape index (κ2) is 9.23. The molecular formula is C21H26N3O4+. The summed E-state index contributed by atoms with van der Waals surface area (Å²) in [6.45, 7) is 3.12. The Morgan fingerprint density at radius 2 is 1.75 bits per heavy atom. The van der Waals surface area contributed by atoms with Crippen LogP contribution in [0, 0.1) is 0 Å². The van der Waals surface area contributed by atoms with Gasteiger partial charge >= 0.3 is 0 Å². The third-order valence-corrected chi connectivity index (χ3v) is 4.87. The number of carbonyl (C=O) groups excluding carboxylic acids is 2. The minimum atomic E-state index is -0.0821. The molecule has 1 fully saturated rings. The lowest BCUT2D eigenvalue weighted by Gasteiger charge is -2.32. The van der Waals surface area contributed by atoms with Crippen molar-refractivity contribution in [1.82, 2.24) is 4.90 Å². The van der Waals surface area contributed by atoms with Gasteiger partial charge in [-0.3, -0.25) is 9.59 Å². The summed E-state index contributed by atoms with van der Waals surface area (Å²) >= 11 is 0. The van der Waals surface area contributed by atoms with Crippen LogP contribution in [0.1, 0.15) is 10.4 Å². The number of anilines is 1. The molecule has 7 nitrogen and oxygen atoms in total. The zero-order valence-electron chi connectivity index (χ0n) is 16.2. The smallest absolute Gasteiger partial charge is 0.279 e. The number of ether oxygens (including phenoxy) is 2. The first kappa shape index (κ1) is 19.7. The number of carbonyl (C=O) groups is 2. The highest BCUT2D eigenvalue weighted by Gasteiger charge is 2.26.